The molecule has 1 amide bonds. The molecule has 0 aliphatic heterocycles. The van der Waals surface area contributed by atoms with Crippen molar-refractivity contribution in [2.24, 2.45) is 5.73 Å². The standard InChI is InChI=1S/C25H27N5O5/c1-2-34-21-5-3-4-16(23(21)35-14-22(31)32)13-29-20-11-8-17(26)12-19(20)25(33)30-18-9-6-15(7-10-18)24(27)28/h3-12,29H,2,13-14,26H2,1H3,(H3,27,28)(H,30,33)(H,31,32). The summed E-state index contributed by atoms with van der Waals surface area (Å²) < 4.78 is 11.1. The van der Waals surface area contributed by atoms with Gasteiger partial charge < -0.3 is 36.7 Å². The minimum atomic E-state index is -1.11. The molecule has 0 atom stereocenters. The maximum absolute atomic E-state index is 13.0. The molecule has 0 bridgehead atoms. The highest BCUT2D eigenvalue weighted by Gasteiger charge is 2.16. The quantitative estimate of drug-likeness (QED) is 0.139. The Balaban J connectivity index is 1.82. The van der Waals surface area contributed by atoms with Crippen molar-refractivity contribution >= 4 is 34.8 Å². The summed E-state index contributed by atoms with van der Waals surface area (Å²) >= 11 is 0. The number of carbonyl (C=O) groups is 2. The number of anilines is 3. The number of amidine groups is 1. The largest absolute Gasteiger partial charge is 0.490 e. The molecule has 0 aliphatic rings. The highest BCUT2D eigenvalue weighted by molar-refractivity contribution is 6.08. The lowest BCUT2D eigenvalue weighted by Crippen LogP contribution is -2.16. The van der Waals surface area contributed by atoms with Gasteiger partial charge in [0.15, 0.2) is 18.1 Å². The highest BCUT2D eigenvalue weighted by atomic mass is 16.5. The highest BCUT2D eigenvalue weighted by Crippen LogP contribution is 2.32. The number of ether oxygens (including phenoxy) is 2. The van der Waals surface area contributed by atoms with Gasteiger partial charge in [-0.2, -0.15) is 0 Å². The van der Waals surface area contributed by atoms with Crippen LogP contribution >= 0.6 is 0 Å². The maximum Gasteiger partial charge on any atom is 0.341 e. The van der Waals surface area contributed by atoms with Crippen LogP contribution in [0.25, 0.3) is 0 Å². The van der Waals surface area contributed by atoms with Crippen LogP contribution in [0.2, 0.25) is 0 Å². The summed E-state index contributed by atoms with van der Waals surface area (Å²) in [5.41, 5.74) is 14.4. The van der Waals surface area contributed by atoms with Crippen molar-refractivity contribution in [3.05, 3.63) is 77.4 Å². The fraction of sp³-hybridized carbons (Fsp3) is 0.160. The number of hydrogen-bond acceptors (Lipinski definition) is 7. The number of carbonyl (C=O) groups excluding carboxylic acids is 1. The molecule has 3 rings (SSSR count). The SMILES string of the molecule is CCOc1cccc(CNc2ccc(N)cc2C(=O)Nc2ccc(C(=N)N)cc2)c1OCC(=O)O. The average molecular weight is 478 g/mol. The molecular weight excluding hydrogens is 450 g/mol. The molecule has 3 aromatic carbocycles. The number of para-hydroxylation sites is 1. The molecule has 182 valence electrons. The summed E-state index contributed by atoms with van der Waals surface area (Å²) in [5, 5.41) is 22.5. The van der Waals surface area contributed by atoms with E-state index in [0.29, 0.717) is 51.9 Å². The molecule has 0 aliphatic carbocycles. The van der Waals surface area contributed by atoms with Crippen LogP contribution in [0.5, 0.6) is 11.5 Å². The third-order valence-corrected chi connectivity index (χ3v) is 4.91. The first kappa shape index (κ1) is 24.9. The van der Waals surface area contributed by atoms with Gasteiger partial charge in [-0.25, -0.2) is 4.79 Å². The van der Waals surface area contributed by atoms with Crippen LogP contribution in [0.4, 0.5) is 17.1 Å². The second-order valence-corrected chi connectivity index (χ2v) is 7.46. The molecule has 0 saturated carbocycles. The normalized spacial score (nSPS) is 10.3. The Morgan fingerprint density at radius 1 is 1.06 bits per heavy atom. The van der Waals surface area contributed by atoms with Gasteiger partial charge in [-0.3, -0.25) is 10.2 Å². The number of carboxylic acid groups (broad SMARTS) is 1. The molecule has 3 aromatic rings. The second-order valence-electron chi connectivity index (χ2n) is 7.46. The van der Waals surface area contributed by atoms with E-state index < -0.39 is 12.6 Å². The van der Waals surface area contributed by atoms with E-state index in [0.717, 1.165) is 0 Å². The van der Waals surface area contributed by atoms with Crippen molar-refractivity contribution < 1.29 is 24.2 Å². The zero-order valence-corrected chi connectivity index (χ0v) is 19.1. The number of carboxylic acids is 1. The van der Waals surface area contributed by atoms with Crippen LogP contribution in [0.3, 0.4) is 0 Å². The van der Waals surface area contributed by atoms with E-state index in [1.165, 1.54) is 0 Å². The van der Waals surface area contributed by atoms with Crippen molar-refractivity contribution in [3.63, 3.8) is 0 Å². The number of aliphatic carboxylic acids is 1. The van der Waals surface area contributed by atoms with E-state index >= 15 is 0 Å². The first-order valence-electron chi connectivity index (χ1n) is 10.8. The van der Waals surface area contributed by atoms with Crippen LogP contribution in [-0.2, 0) is 11.3 Å². The van der Waals surface area contributed by atoms with Crippen LogP contribution in [-0.4, -0.2) is 36.0 Å². The Bertz CT molecular complexity index is 1230. The molecule has 10 nitrogen and oxygen atoms in total. The van der Waals surface area contributed by atoms with Crippen LogP contribution in [0, 0.1) is 5.41 Å². The Labute approximate surface area is 202 Å². The van der Waals surface area contributed by atoms with E-state index in [-0.39, 0.29) is 18.3 Å². The zero-order chi connectivity index (χ0) is 25.4. The average Bonchev–Trinajstić information content (AvgIpc) is 2.83. The monoisotopic (exact) mass is 477 g/mol. The van der Waals surface area contributed by atoms with Crippen molar-refractivity contribution in [1.29, 1.82) is 5.41 Å². The fourth-order valence-corrected chi connectivity index (χ4v) is 3.29. The van der Waals surface area contributed by atoms with Gasteiger partial charge in [-0.05, 0) is 55.5 Å². The predicted molar refractivity (Wildman–Crippen MR) is 134 cm³/mol. The van der Waals surface area contributed by atoms with Gasteiger partial charge in [-0.15, -0.1) is 0 Å². The molecule has 0 spiro atoms. The number of nitrogens with two attached hydrogens (primary N) is 2. The fourth-order valence-electron chi connectivity index (χ4n) is 3.29. The molecule has 0 saturated heterocycles. The third kappa shape index (κ3) is 6.64. The number of hydrogen-bond donors (Lipinski definition) is 6. The van der Waals surface area contributed by atoms with Crippen molar-refractivity contribution in [2.45, 2.75) is 13.5 Å². The first-order chi connectivity index (χ1) is 16.8. The van der Waals surface area contributed by atoms with E-state index in [4.69, 9.17) is 31.5 Å². The van der Waals surface area contributed by atoms with Gasteiger partial charge in [0.05, 0.1) is 12.2 Å². The maximum atomic E-state index is 13.0. The Morgan fingerprint density at radius 2 is 1.80 bits per heavy atom. The van der Waals surface area contributed by atoms with E-state index in [9.17, 15) is 9.59 Å². The topological polar surface area (TPSA) is 173 Å². The number of nitrogen functional groups attached to an aromatic ring is 2. The molecule has 0 fully saturated rings. The molecule has 0 radical (unpaired) electrons. The second kappa shape index (κ2) is 11.4. The van der Waals surface area contributed by atoms with Gasteiger partial charge in [0, 0.05) is 34.7 Å². The molecule has 8 N–H and O–H groups in total. The van der Waals surface area contributed by atoms with Gasteiger partial charge in [0.2, 0.25) is 0 Å². The Kier molecular flexibility index (Phi) is 8.12. The number of benzene rings is 3. The Hall–Kier alpha value is -4.73. The lowest BCUT2D eigenvalue weighted by Gasteiger charge is -2.17. The summed E-state index contributed by atoms with van der Waals surface area (Å²) in [6, 6.07) is 16.7. The summed E-state index contributed by atoms with van der Waals surface area (Å²) in [5.74, 6) is -0.816. The van der Waals surface area contributed by atoms with Gasteiger partial charge in [-0.1, -0.05) is 12.1 Å². The number of amides is 1. The van der Waals surface area contributed by atoms with Gasteiger partial charge in [0.1, 0.15) is 5.84 Å². The van der Waals surface area contributed by atoms with E-state index in [1.54, 1.807) is 60.7 Å². The zero-order valence-electron chi connectivity index (χ0n) is 19.1. The molecule has 0 heterocycles. The summed E-state index contributed by atoms with van der Waals surface area (Å²) in [6.07, 6.45) is 0. The Morgan fingerprint density at radius 3 is 2.46 bits per heavy atom. The van der Waals surface area contributed by atoms with E-state index in [1.807, 2.05) is 6.92 Å². The third-order valence-electron chi connectivity index (χ3n) is 4.91. The van der Waals surface area contributed by atoms with Crippen molar-refractivity contribution in [3.8, 4) is 11.5 Å². The van der Waals surface area contributed by atoms with Gasteiger partial charge in [0.25, 0.3) is 5.91 Å². The molecule has 0 aromatic heterocycles. The molecule has 35 heavy (non-hydrogen) atoms. The lowest BCUT2D eigenvalue weighted by molar-refractivity contribution is -0.139. The summed E-state index contributed by atoms with van der Waals surface area (Å²) in [4.78, 5) is 24.0. The van der Waals surface area contributed by atoms with E-state index in [2.05, 4.69) is 10.6 Å². The molecule has 0 unspecified atom stereocenters. The summed E-state index contributed by atoms with van der Waals surface area (Å²) in [6.45, 7) is 1.91. The van der Waals surface area contributed by atoms with Crippen molar-refractivity contribution in [1.82, 2.24) is 0 Å². The molecular formula is C25H27N5O5. The predicted octanol–water partition coefficient (Wildman–Crippen LogP) is 3.28. The first-order valence-corrected chi connectivity index (χ1v) is 10.8. The van der Waals surface area contributed by atoms with Crippen molar-refractivity contribution in [2.75, 3.05) is 29.6 Å². The number of nitrogens with one attached hydrogen (secondary N) is 3. The van der Waals surface area contributed by atoms with Crippen LogP contribution in [0.1, 0.15) is 28.4 Å². The lowest BCUT2D eigenvalue weighted by atomic mass is 10.1. The minimum Gasteiger partial charge on any atom is -0.490 e. The smallest absolute Gasteiger partial charge is 0.341 e. The van der Waals surface area contributed by atoms with Crippen LogP contribution < -0.4 is 31.6 Å². The van der Waals surface area contributed by atoms with Crippen LogP contribution in [0.15, 0.2) is 60.7 Å². The minimum absolute atomic E-state index is 0.0645. The molecule has 10 heteroatoms. The van der Waals surface area contributed by atoms with Gasteiger partial charge >= 0.3 is 5.97 Å². The number of rotatable bonds is 11. The summed E-state index contributed by atoms with van der Waals surface area (Å²) in [7, 11) is 0.